The zero-order valence-corrected chi connectivity index (χ0v) is 10.7. The van der Waals surface area contributed by atoms with Crippen LogP contribution in [0.5, 0.6) is 11.8 Å². The third-order valence-electron chi connectivity index (χ3n) is 2.75. The highest BCUT2D eigenvalue weighted by molar-refractivity contribution is 5.54. The molecule has 7 heteroatoms. The highest BCUT2D eigenvalue weighted by Crippen LogP contribution is 2.29. The van der Waals surface area contributed by atoms with Gasteiger partial charge in [-0.15, -0.1) is 5.10 Å². The summed E-state index contributed by atoms with van der Waals surface area (Å²) in [6.07, 6.45) is 1.43. The topological polar surface area (TPSA) is 66.0 Å². The third-order valence-corrected chi connectivity index (χ3v) is 2.75. The van der Waals surface area contributed by atoms with Crippen LogP contribution in [0.15, 0.2) is 48.8 Å². The zero-order valence-electron chi connectivity index (χ0n) is 10.7. The molecule has 0 saturated heterocycles. The summed E-state index contributed by atoms with van der Waals surface area (Å²) in [4.78, 5) is 3.92. The van der Waals surface area contributed by atoms with Gasteiger partial charge in [0.15, 0.2) is 11.6 Å². The van der Waals surface area contributed by atoms with Crippen LogP contribution >= 0.6 is 0 Å². The standard InChI is InChI=1S/C14H10F2N4O/c15-9-6-11(16)13(17)12(7-9)21-14-18-8-20(19-14)10-4-2-1-3-5-10/h1-8H,17H2. The summed E-state index contributed by atoms with van der Waals surface area (Å²) in [5.41, 5.74) is 5.97. The molecule has 0 aliphatic carbocycles. The molecular formula is C14H10F2N4O. The van der Waals surface area contributed by atoms with Gasteiger partial charge in [0.25, 0.3) is 0 Å². The fourth-order valence-corrected chi connectivity index (χ4v) is 1.74. The minimum atomic E-state index is -0.896. The molecule has 2 aromatic carbocycles. The lowest BCUT2D eigenvalue weighted by Crippen LogP contribution is -1.99. The first kappa shape index (κ1) is 13.0. The molecule has 3 aromatic rings. The molecule has 1 heterocycles. The van der Waals surface area contributed by atoms with E-state index >= 15 is 0 Å². The number of benzene rings is 2. The lowest BCUT2D eigenvalue weighted by Gasteiger charge is -2.05. The summed E-state index contributed by atoms with van der Waals surface area (Å²) in [5.74, 6) is -1.86. The van der Waals surface area contributed by atoms with E-state index in [0.29, 0.717) is 6.07 Å². The molecule has 0 bridgehead atoms. The summed E-state index contributed by atoms with van der Waals surface area (Å²) < 4.78 is 33.2. The van der Waals surface area contributed by atoms with E-state index < -0.39 is 11.6 Å². The Balaban J connectivity index is 1.89. The molecular weight excluding hydrogens is 278 g/mol. The molecule has 0 fully saturated rings. The van der Waals surface area contributed by atoms with E-state index in [9.17, 15) is 8.78 Å². The van der Waals surface area contributed by atoms with E-state index in [1.165, 1.54) is 11.0 Å². The molecule has 0 radical (unpaired) electrons. The molecule has 0 saturated carbocycles. The van der Waals surface area contributed by atoms with Gasteiger partial charge in [0, 0.05) is 12.1 Å². The normalized spacial score (nSPS) is 10.6. The molecule has 106 valence electrons. The lowest BCUT2D eigenvalue weighted by atomic mass is 10.3. The van der Waals surface area contributed by atoms with Crippen molar-refractivity contribution in [2.45, 2.75) is 0 Å². The number of nitrogens with two attached hydrogens (primary N) is 1. The molecule has 2 N–H and O–H groups in total. The lowest BCUT2D eigenvalue weighted by molar-refractivity contribution is 0.435. The second-order valence-corrected chi connectivity index (χ2v) is 4.21. The Kier molecular flexibility index (Phi) is 3.23. The fraction of sp³-hybridized carbons (Fsp3) is 0. The van der Waals surface area contributed by atoms with Crippen molar-refractivity contribution in [3.05, 3.63) is 60.4 Å². The quantitative estimate of drug-likeness (QED) is 0.752. The number of nitrogen functional groups attached to an aromatic ring is 1. The van der Waals surface area contributed by atoms with Gasteiger partial charge in [-0.05, 0) is 12.1 Å². The first-order valence-corrected chi connectivity index (χ1v) is 6.03. The van der Waals surface area contributed by atoms with Crippen LogP contribution < -0.4 is 10.5 Å². The minimum absolute atomic E-state index is 0.0597. The number of nitrogens with zero attached hydrogens (tertiary/aromatic N) is 3. The van der Waals surface area contributed by atoms with Crippen LogP contribution in [0.2, 0.25) is 0 Å². The number of ether oxygens (including phenoxy) is 1. The Labute approximate surface area is 118 Å². The van der Waals surface area contributed by atoms with Gasteiger partial charge in [-0.25, -0.2) is 13.5 Å². The first-order chi connectivity index (χ1) is 10.1. The van der Waals surface area contributed by atoms with Crippen LogP contribution in [0.3, 0.4) is 0 Å². The Morgan fingerprint density at radius 3 is 2.62 bits per heavy atom. The van der Waals surface area contributed by atoms with Gasteiger partial charge >= 0.3 is 6.01 Å². The summed E-state index contributed by atoms with van der Waals surface area (Å²) in [6, 6.07) is 10.8. The molecule has 0 aliphatic rings. The molecule has 0 aliphatic heterocycles. The predicted octanol–water partition coefficient (Wildman–Crippen LogP) is 2.92. The van der Waals surface area contributed by atoms with Crippen LogP contribution in [0, 0.1) is 11.6 Å². The maximum atomic E-state index is 13.3. The van der Waals surface area contributed by atoms with Crippen LogP contribution in [0.25, 0.3) is 5.69 Å². The Hall–Kier alpha value is -2.96. The monoisotopic (exact) mass is 288 g/mol. The molecule has 0 spiro atoms. The number of hydrogen-bond donors (Lipinski definition) is 1. The van der Waals surface area contributed by atoms with Gasteiger partial charge < -0.3 is 10.5 Å². The number of halogens is 2. The van der Waals surface area contributed by atoms with E-state index in [2.05, 4.69) is 10.1 Å². The Morgan fingerprint density at radius 2 is 1.86 bits per heavy atom. The first-order valence-electron chi connectivity index (χ1n) is 6.03. The maximum Gasteiger partial charge on any atom is 0.341 e. The van der Waals surface area contributed by atoms with E-state index in [0.717, 1.165) is 11.8 Å². The average Bonchev–Trinajstić information content (AvgIpc) is 2.94. The van der Waals surface area contributed by atoms with Crippen LogP contribution in [0.1, 0.15) is 0 Å². The van der Waals surface area contributed by atoms with Crippen LogP contribution in [0.4, 0.5) is 14.5 Å². The third kappa shape index (κ3) is 2.66. The molecule has 0 amide bonds. The smallest absolute Gasteiger partial charge is 0.341 e. The zero-order chi connectivity index (χ0) is 14.8. The molecule has 3 rings (SSSR count). The molecule has 5 nitrogen and oxygen atoms in total. The van der Waals surface area contributed by atoms with Crippen molar-refractivity contribution in [2.75, 3.05) is 5.73 Å². The van der Waals surface area contributed by atoms with Crippen molar-refractivity contribution in [1.82, 2.24) is 14.8 Å². The van der Waals surface area contributed by atoms with Gasteiger partial charge in [-0.3, -0.25) is 0 Å². The number of aromatic nitrogens is 3. The minimum Gasteiger partial charge on any atom is -0.421 e. The summed E-state index contributed by atoms with van der Waals surface area (Å²) in [6.45, 7) is 0. The number of anilines is 1. The highest BCUT2D eigenvalue weighted by Gasteiger charge is 2.12. The van der Waals surface area contributed by atoms with Gasteiger partial charge in [-0.2, -0.15) is 4.98 Å². The van der Waals surface area contributed by atoms with E-state index in [1.807, 2.05) is 30.3 Å². The van der Waals surface area contributed by atoms with Crippen molar-refractivity contribution in [1.29, 1.82) is 0 Å². The van der Waals surface area contributed by atoms with E-state index in [4.69, 9.17) is 10.5 Å². The Morgan fingerprint density at radius 1 is 1.10 bits per heavy atom. The van der Waals surface area contributed by atoms with Crippen molar-refractivity contribution in [3.8, 4) is 17.4 Å². The van der Waals surface area contributed by atoms with Crippen molar-refractivity contribution in [2.24, 2.45) is 0 Å². The van der Waals surface area contributed by atoms with Gasteiger partial charge in [-0.1, -0.05) is 18.2 Å². The largest absolute Gasteiger partial charge is 0.421 e. The summed E-state index contributed by atoms with van der Waals surface area (Å²) in [5, 5.41) is 4.06. The Bertz CT molecular complexity index is 774. The molecule has 0 atom stereocenters. The second-order valence-electron chi connectivity index (χ2n) is 4.21. The molecule has 21 heavy (non-hydrogen) atoms. The molecule has 0 unspecified atom stereocenters. The van der Waals surface area contributed by atoms with Crippen molar-refractivity contribution >= 4 is 5.69 Å². The molecule has 1 aromatic heterocycles. The average molecular weight is 288 g/mol. The van der Waals surface area contributed by atoms with Crippen molar-refractivity contribution in [3.63, 3.8) is 0 Å². The number of rotatable bonds is 3. The SMILES string of the molecule is Nc1c(F)cc(F)cc1Oc1ncn(-c2ccccc2)n1. The predicted molar refractivity (Wildman–Crippen MR) is 72.2 cm³/mol. The summed E-state index contributed by atoms with van der Waals surface area (Å²) >= 11 is 0. The van der Waals surface area contributed by atoms with E-state index in [1.54, 1.807) is 0 Å². The highest BCUT2D eigenvalue weighted by atomic mass is 19.1. The number of hydrogen-bond acceptors (Lipinski definition) is 4. The summed E-state index contributed by atoms with van der Waals surface area (Å²) in [7, 11) is 0. The van der Waals surface area contributed by atoms with Crippen molar-refractivity contribution < 1.29 is 13.5 Å². The van der Waals surface area contributed by atoms with Crippen LogP contribution in [-0.4, -0.2) is 14.8 Å². The second kappa shape index (κ2) is 5.20. The van der Waals surface area contributed by atoms with E-state index in [-0.39, 0.29) is 17.4 Å². The van der Waals surface area contributed by atoms with Gasteiger partial charge in [0.1, 0.15) is 17.8 Å². The van der Waals surface area contributed by atoms with Gasteiger partial charge in [0.2, 0.25) is 0 Å². The number of para-hydroxylation sites is 1. The van der Waals surface area contributed by atoms with Gasteiger partial charge in [0.05, 0.1) is 5.69 Å². The van der Waals surface area contributed by atoms with Crippen LogP contribution in [-0.2, 0) is 0 Å². The fourth-order valence-electron chi connectivity index (χ4n) is 1.74. The maximum absolute atomic E-state index is 13.3.